The molecule has 2 rings (SSSR count). The van der Waals surface area contributed by atoms with Gasteiger partial charge in [-0.15, -0.1) is 11.8 Å². The zero-order valence-electron chi connectivity index (χ0n) is 10.9. The van der Waals surface area contributed by atoms with Gasteiger partial charge in [0.1, 0.15) is 6.61 Å². The fraction of sp³-hybridized carbons (Fsp3) is 0.533. The molecule has 1 aromatic rings. The van der Waals surface area contributed by atoms with Crippen molar-refractivity contribution in [2.45, 2.75) is 43.1 Å². The van der Waals surface area contributed by atoms with Crippen molar-refractivity contribution in [3.63, 3.8) is 0 Å². The number of thioether (sulfide) groups is 1. The normalized spacial score (nSPS) is 16.7. The molecule has 1 aliphatic carbocycles. The van der Waals surface area contributed by atoms with Crippen LogP contribution in [-0.2, 0) is 4.74 Å². The summed E-state index contributed by atoms with van der Waals surface area (Å²) < 4.78 is 5.70. The minimum absolute atomic E-state index is 0.0910. The number of hydrogen-bond donors (Lipinski definition) is 0. The van der Waals surface area contributed by atoms with Crippen molar-refractivity contribution in [3.05, 3.63) is 29.8 Å². The molecule has 0 N–H and O–H groups in total. The highest BCUT2D eigenvalue weighted by Gasteiger charge is 2.15. The Bertz CT molecular complexity index is 380. The van der Waals surface area contributed by atoms with Gasteiger partial charge in [-0.05, 0) is 31.2 Å². The van der Waals surface area contributed by atoms with Gasteiger partial charge in [-0.1, -0.05) is 31.4 Å². The first-order valence-corrected chi connectivity index (χ1v) is 7.81. The molecule has 0 aliphatic heterocycles. The Morgan fingerprint density at radius 3 is 2.50 bits per heavy atom. The molecule has 0 amide bonds. The maximum atomic E-state index is 12.0. The average Bonchev–Trinajstić information content (AvgIpc) is 2.46. The number of ether oxygens (including phenoxy) is 1. The topological polar surface area (TPSA) is 26.3 Å². The average molecular weight is 264 g/mol. The highest BCUT2D eigenvalue weighted by atomic mass is 32.2. The molecule has 0 saturated heterocycles. The molecule has 0 aromatic heterocycles. The van der Waals surface area contributed by atoms with Crippen molar-refractivity contribution < 1.29 is 9.53 Å². The van der Waals surface area contributed by atoms with Gasteiger partial charge in [0.05, 0.1) is 6.10 Å². The second-order valence-electron chi connectivity index (χ2n) is 4.72. The van der Waals surface area contributed by atoms with Crippen LogP contribution in [0.1, 0.15) is 42.5 Å². The number of hydrogen-bond acceptors (Lipinski definition) is 3. The number of benzene rings is 1. The molecule has 0 heterocycles. The Morgan fingerprint density at radius 2 is 1.89 bits per heavy atom. The van der Waals surface area contributed by atoms with Crippen LogP contribution in [0.3, 0.4) is 0 Å². The van der Waals surface area contributed by atoms with E-state index in [-0.39, 0.29) is 12.4 Å². The summed E-state index contributed by atoms with van der Waals surface area (Å²) in [4.78, 5) is 13.1. The van der Waals surface area contributed by atoms with Crippen LogP contribution in [0, 0.1) is 0 Å². The Hall–Kier alpha value is -0.800. The highest BCUT2D eigenvalue weighted by Crippen LogP contribution is 2.20. The summed E-state index contributed by atoms with van der Waals surface area (Å²) in [5, 5.41) is 0. The Labute approximate surface area is 113 Å². The quantitative estimate of drug-likeness (QED) is 0.595. The van der Waals surface area contributed by atoms with Gasteiger partial charge >= 0.3 is 0 Å². The van der Waals surface area contributed by atoms with Crippen LogP contribution in [0.4, 0.5) is 0 Å². The number of Topliss-reactive ketones (excluding diaryl/α,β-unsaturated/α-hetero) is 1. The van der Waals surface area contributed by atoms with Crippen LogP contribution < -0.4 is 0 Å². The van der Waals surface area contributed by atoms with E-state index >= 15 is 0 Å². The number of carbonyl (C=O) groups excluding carboxylic acids is 1. The van der Waals surface area contributed by atoms with Gasteiger partial charge in [0.15, 0.2) is 5.78 Å². The van der Waals surface area contributed by atoms with Crippen molar-refractivity contribution in [3.8, 4) is 0 Å². The lowest BCUT2D eigenvalue weighted by Crippen LogP contribution is -2.20. The Balaban J connectivity index is 1.82. The highest BCUT2D eigenvalue weighted by molar-refractivity contribution is 7.98. The molecule has 18 heavy (non-hydrogen) atoms. The van der Waals surface area contributed by atoms with E-state index in [0.29, 0.717) is 6.10 Å². The van der Waals surface area contributed by atoms with Crippen LogP contribution in [0.2, 0.25) is 0 Å². The van der Waals surface area contributed by atoms with Gasteiger partial charge in [0.25, 0.3) is 0 Å². The molecular formula is C15H20O2S. The van der Waals surface area contributed by atoms with E-state index in [4.69, 9.17) is 4.74 Å². The lowest BCUT2D eigenvalue weighted by atomic mass is 9.98. The minimum Gasteiger partial charge on any atom is -0.370 e. The van der Waals surface area contributed by atoms with Crippen LogP contribution in [0.25, 0.3) is 0 Å². The summed E-state index contributed by atoms with van der Waals surface area (Å²) in [6.45, 7) is 0.225. The van der Waals surface area contributed by atoms with Gasteiger partial charge in [0, 0.05) is 10.5 Å². The molecule has 1 aromatic carbocycles. The number of rotatable bonds is 5. The molecule has 1 fully saturated rings. The summed E-state index contributed by atoms with van der Waals surface area (Å²) in [5.74, 6) is 0.0910. The van der Waals surface area contributed by atoms with Gasteiger partial charge in [0.2, 0.25) is 0 Å². The van der Waals surface area contributed by atoms with E-state index in [9.17, 15) is 4.79 Å². The van der Waals surface area contributed by atoms with Gasteiger partial charge in [-0.2, -0.15) is 0 Å². The van der Waals surface area contributed by atoms with E-state index in [1.54, 1.807) is 11.8 Å². The molecule has 0 spiro atoms. The van der Waals surface area contributed by atoms with Crippen molar-refractivity contribution in [2.24, 2.45) is 0 Å². The zero-order valence-corrected chi connectivity index (χ0v) is 11.7. The predicted octanol–water partition coefficient (Wildman–Crippen LogP) is 3.94. The summed E-state index contributed by atoms with van der Waals surface area (Å²) in [6, 6.07) is 7.74. The van der Waals surface area contributed by atoms with Gasteiger partial charge in [-0.3, -0.25) is 4.79 Å². The van der Waals surface area contributed by atoms with Crippen LogP contribution >= 0.6 is 11.8 Å². The van der Waals surface area contributed by atoms with Gasteiger partial charge < -0.3 is 4.74 Å². The van der Waals surface area contributed by atoms with Crippen molar-refractivity contribution in [2.75, 3.05) is 12.9 Å². The smallest absolute Gasteiger partial charge is 0.188 e. The maximum Gasteiger partial charge on any atom is 0.188 e. The maximum absolute atomic E-state index is 12.0. The molecule has 1 saturated carbocycles. The molecule has 1 aliphatic rings. The third-order valence-corrected chi connectivity index (χ3v) is 4.16. The first kappa shape index (κ1) is 13.6. The predicted molar refractivity (Wildman–Crippen MR) is 75.4 cm³/mol. The molecule has 0 atom stereocenters. The van der Waals surface area contributed by atoms with E-state index < -0.39 is 0 Å². The standard InChI is InChI=1S/C15H20O2S/c1-18-14-9-7-12(8-10-14)15(16)11-17-13-5-3-2-4-6-13/h7-10,13H,2-6,11H2,1H3. The lowest BCUT2D eigenvalue weighted by Gasteiger charge is -2.21. The molecule has 3 heteroatoms. The monoisotopic (exact) mass is 264 g/mol. The minimum atomic E-state index is 0.0910. The summed E-state index contributed by atoms with van der Waals surface area (Å²) in [7, 11) is 0. The van der Waals surface area contributed by atoms with E-state index in [1.165, 1.54) is 24.2 Å². The second-order valence-corrected chi connectivity index (χ2v) is 5.60. The third-order valence-electron chi connectivity index (χ3n) is 3.41. The fourth-order valence-electron chi connectivity index (χ4n) is 2.29. The largest absolute Gasteiger partial charge is 0.370 e. The Morgan fingerprint density at radius 1 is 1.22 bits per heavy atom. The molecule has 0 radical (unpaired) electrons. The summed E-state index contributed by atoms with van der Waals surface area (Å²) in [6.07, 6.45) is 8.33. The SMILES string of the molecule is CSc1ccc(C(=O)COC2CCCCC2)cc1. The second kappa shape index (κ2) is 6.95. The van der Waals surface area contributed by atoms with Crippen LogP contribution in [0.15, 0.2) is 29.2 Å². The number of carbonyl (C=O) groups is 1. The molecule has 0 unspecified atom stereocenters. The van der Waals surface area contributed by atoms with Crippen molar-refractivity contribution in [1.29, 1.82) is 0 Å². The summed E-state index contributed by atoms with van der Waals surface area (Å²) in [5.41, 5.74) is 0.753. The van der Waals surface area contributed by atoms with Gasteiger partial charge in [-0.25, -0.2) is 0 Å². The lowest BCUT2D eigenvalue weighted by molar-refractivity contribution is 0.0284. The van der Waals surface area contributed by atoms with Crippen molar-refractivity contribution in [1.82, 2.24) is 0 Å². The summed E-state index contributed by atoms with van der Waals surface area (Å²) >= 11 is 1.68. The zero-order chi connectivity index (χ0) is 12.8. The molecule has 2 nitrogen and oxygen atoms in total. The number of ketones is 1. The van der Waals surface area contributed by atoms with Crippen LogP contribution in [0.5, 0.6) is 0 Å². The van der Waals surface area contributed by atoms with Crippen LogP contribution in [-0.4, -0.2) is 24.7 Å². The van der Waals surface area contributed by atoms with E-state index in [0.717, 1.165) is 18.4 Å². The van der Waals surface area contributed by atoms with Crippen molar-refractivity contribution >= 4 is 17.5 Å². The fourth-order valence-corrected chi connectivity index (χ4v) is 2.69. The molecule has 98 valence electrons. The van der Waals surface area contributed by atoms with E-state index in [1.807, 2.05) is 30.5 Å². The molecular weight excluding hydrogens is 244 g/mol. The van der Waals surface area contributed by atoms with E-state index in [2.05, 4.69) is 0 Å². The Kier molecular flexibility index (Phi) is 5.26. The first-order valence-electron chi connectivity index (χ1n) is 6.58. The third kappa shape index (κ3) is 3.85. The first-order chi connectivity index (χ1) is 8.79. The molecule has 0 bridgehead atoms.